The third kappa shape index (κ3) is 1.28. The number of hydrogen-bond acceptors (Lipinski definition) is 5. The zero-order valence-electron chi connectivity index (χ0n) is 8.69. The lowest BCUT2D eigenvalue weighted by Gasteiger charge is -2.33. The van der Waals surface area contributed by atoms with Crippen molar-refractivity contribution < 1.29 is 23.7 Å². The van der Waals surface area contributed by atoms with Crippen molar-refractivity contribution >= 4 is 0 Å². The van der Waals surface area contributed by atoms with Crippen LogP contribution in [0.2, 0.25) is 0 Å². The molecule has 5 nitrogen and oxygen atoms in total. The van der Waals surface area contributed by atoms with Crippen molar-refractivity contribution in [3.8, 4) is 0 Å². The molecule has 0 spiro atoms. The van der Waals surface area contributed by atoms with E-state index in [1.165, 1.54) is 0 Å². The Morgan fingerprint density at radius 2 is 2.07 bits per heavy atom. The van der Waals surface area contributed by atoms with Crippen LogP contribution in [0.15, 0.2) is 0 Å². The Bertz CT molecular complexity index is 209. The Hall–Kier alpha value is -0.200. The van der Waals surface area contributed by atoms with Crippen molar-refractivity contribution in [1.82, 2.24) is 0 Å². The minimum Gasteiger partial charge on any atom is -0.379 e. The van der Waals surface area contributed by atoms with Crippen LogP contribution < -0.4 is 0 Å². The topological polar surface area (TPSA) is 46.2 Å². The van der Waals surface area contributed by atoms with Crippen molar-refractivity contribution in [3.05, 3.63) is 0 Å². The normalized spacial score (nSPS) is 46.1. The van der Waals surface area contributed by atoms with E-state index in [1.807, 2.05) is 0 Å². The molecule has 0 aromatic carbocycles. The van der Waals surface area contributed by atoms with Crippen molar-refractivity contribution in [2.45, 2.75) is 24.1 Å². The molecule has 0 amide bonds. The minimum absolute atomic E-state index is 0.0416. The van der Waals surface area contributed by atoms with Gasteiger partial charge in [-0.15, -0.1) is 0 Å². The Morgan fingerprint density at radius 1 is 1.29 bits per heavy atom. The fourth-order valence-corrected chi connectivity index (χ4v) is 2.25. The summed E-state index contributed by atoms with van der Waals surface area (Å²) in [6.45, 7) is 0.906. The molecule has 0 radical (unpaired) electrons. The summed E-state index contributed by atoms with van der Waals surface area (Å²) in [6, 6.07) is 0. The van der Waals surface area contributed by atoms with Gasteiger partial charge in [0, 0.05) is 21.3 Å². The van der Waals surface area contributed by atoms with Gasteiger partial charge in [0.1, 0.15) is 24.9 Å². The molecule has 0 aromatic rings. The van der Waals surface area contributed by atoms with Crippen LogP contribution in [0.3, 0.4) is 0 Å². The molecule has 0 aromatic heterocycles. The Kier molecular flexibility index (Phi) is 2.77. The zero-order valence-corrected chi connectivity index (χ0v) is 8.69. The second kappa shape index (κ2) is 3.75. The van der Waals surface area contributed by atoms with E-state index in [2.05, 4.69) is 0 Å². The molecule has 0 aliphatic carbocycles. The fourth-order valence-electron chi connectivity index (χ4n) is 2.25. The van der Waals surface area contributed by atoms with Gasteiger partial charge in [-0.2, -0.15) is 0 Å². The molecule has 2 aliphatic heterocycles. The molecule has 14 heavy (non-hydrogen) atoms. The molecule has 0 saturated carbocycles. The van der Waals surface area contributed by atoms with E-state index in [4.69, 9.17) is 23.7 Å². The molecular formula is C9H16O5. The first-order chi connectivity index (χ1) is 6.77. The smallest absolute Gasteiger partial charge is 0.222 e. The van der Waals surface area contributed by atoms with Crippen LogP contribution in [0.25, 0.3) is 0 Å². The Labute approximate surface area is 83.2 Å². The first-order valence-corrected chi connectivity index (χ1v) is 4.63. The summed E-state index contributed by atoms with van der Waals surface area (Å²) in [6.07, 6.45) is -0.324. The highest BCUT2D eigenvalue weighted by atomic mass is 16.8. The predicted octanol–water partition coefficient (Wildman–Crippen LogP) is -0.212. The molecule has 2 fully saturated rings. The lowest BCUT2D eigenvalue weighted by molar-refractivity contribution is -0.237. The van der Waals surface area contributed by atoms with Crippen LogP contribution in [-0.4, -0.2) is 58.6 Å². The van der Waals surface area contributed by atoms with E-state index in [9.17, 15) is 0 Å². The average molecular weight is 204 g/mol. The van der Waals surface area contributed by atoms with Gasteiger partial charge in [-0.25, -0.2) is 0 Å². The molecule has 2 rings (SSSR count). The molecule has 4 atom stereocenters. The summed E-state index contributed by atoms with van der Waals surface area (Å²) < 4.78 is 27.0. The van der Waals surface area contributed by atoms with Crippen LogP contribution in [0, 0.1) is 0 Å². The van der Waals surface area contributed by atoms with Gasteiger partial charge >= 0.3 is 0 Å². The molecule has 2 bridgehead atoms. The van der Waals surface area contributed by atoms with Gasteiger partial charge in [0.05, 0.1) is 6.61 Å². The Balaban J connectivity index is 2.16. The standard InChI is InChI=1S/C9H16O5/c1-10-5-9-8(12-3)7(11-2)6(14-9)4-13-9/h6-8H,4-5H2,1-3H3. The summed E-state index contributed by atoms with van der Waals surface area (Å²) >= 11 is 0. The van der Waals surface area contributed by atoms with E-state index < -0.39 is 5.79 Å². The molecule has 4 unspecified atom stereocenters. The quantitative estimate of drug-likeness (QED) is 0.634. The zero-order chi connectivity index (χ0) is 10.2. The highest BCUT2D eigenvalue weighted by Crippen LogP contribution is 2.41. The van der Waals surface area contributed by atoms with Gasteiger partial charge in [-0.1, -0.05) is 0 Å². The molecule has 5 heteroatoms. The predicted molar refractivity (Wildman–Crippen MR) is 47.0 cm³/mol. The number of hydrogen-bond donors (Lipinski definition) is 0. The maximum absolute atomic E-state index is 5.71. The minimum atomic E-state index is -0.769. The van der Waals surface area contributed by atoms with E-state index in [0.717, 1.165) is 0 Å². The number of rotatable bonds is 4. The van der Waals surface area contributed by atoms with Gasteiger partial charge in [0.25, 0.3) is 0 Å². The second-order valence-electron chi connectivity index (χ2n) is 3.57. The van der Waals surface area contributed by atoms with Crippen molar-refractivity contribution in [2.24, 2.45) is 0 Å². The maximum atomic E-state index is 5.71. The van der Waals surface area contributed by atoms with E-state index >= 15 is 0 Å². The van der Waals surface area contributed by atoms with Crippen molar-refractivity contribution in [2.75, 3.05) is 34.5 Å². The largest absolute Gasteiger partial charge is 0.379 e. The van der Waals surface area contributed by atoms with Crippen LogP contribution in [0.1, 0.15) is 0 Å². The summed E-state index contributed by atoms with van der Waals surface area (Å²) in [4.78, 5) is 0. The second-order valence-corrected chi connectivity index (χ2v) is 3.57. The lowest BCUT2D eigenvalue weighted by atomic mass is 10.0. The average Bonchev–Trinajstić information content (AvgIpc) is 2.72. The summed E-state index contributed by atoms with van der Waals surface area (Å²) in [7, 11) is 4.89. The van der Waals surface area contributed by atoms with Crippen LogP contribution in [0.5, 0.6) is 0 Å². The Morgan fingerprint density at radius 3 is 2.64 bits per heavy atom. The fraction of sp³-hybridized carbons (Fsp3) is 1.00. The van der Waals surface area contributed by atoms with E-state index in [-0.39, 0.29) is 18.3 Å². The summed E-state index contributed by atoms with van der Waals surface area (Å²) in [5, 5.41) is 0. The van der Waals surface area contributed by atoms with Gasteiger partial charge in [-0.3, -0.25) is 0 Å². The summed E-state index contributed by atoms with van der Waals surface area (Å²) in [5.74, 6) is -0.769. The van der Waals surface area contributed by atoms with Crippen LogP contribution >= 0.6 is 0 Å². The monoisotopic (exact) mass is 204 g/mol. The van der Waals surface area contributed by atoms with Crippen molar-refractivity contribution in [3.63, 3.8) is 0 Å². The molecule has 2 aliphatic rings. The third-order valence-corrected chi connectivity index (χ3v) is 2.81. The maximum Gasteiger partial charge on any atom is 0.222 e. The van der Waals surface area contributed by atoms with Crippen LogP contribution in [-0.2, 0) is 23.7 Å². The molecule has 2 saturated heterocycles. The lowest BCUT2D eigenvalue weighted by Crippen LogP contribution is -2.52. The molecule has 82 valence electrons. The number of methoxy groups -OCH3 is 3. The van der Waals surface area contributed by atoms with E-state index in [1.54, 1.807) is 21.3 Å². The van der Waals surface area contributed by atoms with Gasteiger partial charge in [0.2, 0.25) is 5.79 Å². The highest BCUT2D eigenvalue weighted by molar-refractivity contribution is 5.03. The van der Waals surface area contributed by atoms with Gasteiger partial charge in [-0.05, 0) is 0 Å². The molecule has 2 heterocycles. The molecular weight excluding hydrogens is 188 g/mol. The number of fused-ring (bicyclic) bond motifs is 2. The molecule has 0 N–H and O–H groups in total. The SMILES string of the molecule is COCC12OCC(O1)C(OC)C2OC. The van der Waals surface area contributed by atoms with Crippen molar-refractivity contribution in [1.29, 1.82) is 0 Å². The van der Waals surface area contributed by atoms with Crippen LogP contribution in [0.4, 0.5) is 0 Å². The summed E-state index contributed by atoms with van der Waals surface area (Å²) in [5.41, 5.74) is 0. The first-order valence-electron chi connectivity index (χ1n) is 4.63. The first kappa shape index (κ1) is 10.3. The van der Waals surface area contributed by atoms with Gasteiger partial charge in [0.15, 0.2) is 0 Å². The van der Waals surface area contributed by atoms with Gasteiger partial charge < -0.3 is 23.7 Å². The van der Waals surface area contributed by atoms with E-state index in [0.29, 0.717) is 13.2 Å². The third-order valence-electron chi connectivity index (χ3n) is 2.81. The number of ether oxygens (including phenoxy) is 5. The highest BCUT2D eigenvalue weighted by Gasteiger charge is 2.62.